The second kappa shape index (κ2) is 14.7. The summed E-state index contributed by atoms with van der Waals surface area (Å²) in [7, 11) is 0. The van der Waals surface area contributed by atoms with E-state index in [2.05, 4.69) is 244 Å². The molecule has 0 unspecified atom stereocenters. The highest BCUT2D eigenvalue weighted by atomic mass is 14.9. The molecule has 0 N–H and O–H groups in total. The van der Waals surface area contributed by atoms with Gasteiger partial charge in [0, 0.05) is 22.1 Å². The van der Waals surface area contributed by atoms with E-state index in [4.69, 9.17) is 9.97 Å². The van der Waals surface area contributed by atoms with Gasteiger partial charge in [-0.1, -0.05) is 226 Å². The Morgan fingerprint density at radius 1 is 0.318 bits per heavy atom. The van der Waals surface area contributed by atoms with Gasteiger partial charge in [0.05, 0.1) is 16.8 Å². The quantitative estimate of drug-likeness (QED) is 0.167. The molecule has 0 atom stereocenters. The summed E-state index contributed by atoms with van der Waals surface area (Å²) in [6.07, 6.45) is 0. The molecular weight excluding hydrogens is 797 g/mol. The second-order valence-corrected chi connectivity index (χ2v) is 18.4. The van der Waals surface area contributed by atoms with Crippen molar-refractivity contribution in [2.24, 2.45) is 0 Å². The maximum Gasteiger partial charge on any atom is 0.161 e. The first-order chi connectivity index (χ1) is 32.5. The first-order valence-corrected chi connectivity index (χ1v) is 23.0. The highest BCUT2D eigenvalue weighted by Gasteiger charge is 2.46. The predicted octanol–water partition coefficient (Wildman–Crippen LogP) is 16.1. The van der Waals surface area contributed by atoms with Gasteiger partial charge < -0.3 is 0 Å². The molecule has 0 fully saturated rings. The van der Waals surface area contributed by atoms with Crippen molar-refractivity contribution in [1.82, 2.24) is 9.97 Å². The molecule has 0 aliphatic heterocycles. The molecule has 0 radical (unpaired) electrons. The van der Waals surface area contributed by atoms with Gasteiger partial charge >= 0.3 is 0 Å². The molecule has 2 aliphatic rings. The molecule has 2 aliphatic carbocycles. The summed E-state index contributed by atoms with van der Waals surface area (Å²) >= 11 is 0. The Bertz CT molecular complexity index is 3680. The largest absolute Gasteiger partial charge is 0.228 e. The molecule has 1 heterocycles. The van der Waals surface area contributed by atoms with Crippen LogP contribution in [0.1, 0.15) is 47.2 Å². The molecule has 0 bridgehead atoms. The number of hydrogen-bond acceptors (Lipinski definition) is 2. The lowest BCUT2D eigenvalue weighted by Gasteiger charge is -2.33. The van der Waals surface area contributed by atoms with Gasteiger partial charge in [-0.2, -0.15) is 0 Å². The van der Waals surface area contributed by atoms with Gasteiger partial charge in [-0.25, -0.2) is 9.97 Å². The summed E-state index contributed by atoms with van der Waals surface area (Å²) in [6, 6.07) is 84.2. The van der Waals surface area contributed by atoms with Crippen LogP contribution >= 0.6 is 0 Å². The van der Waals surface area contributed by atoms with Crippen LogP contribution in [0.5, 0.6) is 0 Å². The zero-order valence-corrected chi connectivity index (χ0v) is 36.8. The molecule has 2 nitrogen and oxygen atoms in total. The topological polar surface area (TPSA) is 25.8 Å². The van der Waals surface area contributed by atoms with Crippen molar-refractivity contribution < 1.29 is 0 Å². The standard InChI is InChI=1S/C64H44N2/c1-63(2)60-46-26-13-12-19-41(46)33-35-53(60)52-31-18-30-51(61(52)63)49-36-37-54(48-28-15-14-27-47(48)49)62-65-58(42-20-6-3-7-21-42)40-59(66-62)43-34-38-57-55(39-43)50-29-16-17-32-56(50)64(57,44-22-8-4-9-23-44)45-24-10-5-11-25-45/h3-40H,1-2H3. The van der Waals surface area contributed by atoms with Gasteiger partial charge in [0.2, 0.25) is 0 Å². The molecule has 11 aromatic rings. The van der Waals surface area contributed by atoms with E-state index in [-0.39, 0.29) is 5.41 Å². The summed E-state index contributed by atoms with van der Waals surface area (Å²) in [5, 5.41) is 4.92. The van der Waals surface area contributed by atoms with Gasteiger partial charge in [0.1, 0.15) is 0 Å². The summed E-state index contributed by atoms with van der Waals surface area (Å²) in [5.74, 6) is 0.704. The van der Waals surface area contributed by atoms with Crippen molar-refractivity contribution in [2.75, 3.05) is 0 Å². The second-order valence-electron chi connectivity index (χ2n) is 18.4. The number of rotatable bonds is 6. The average Bonchev–Trinajstić information content (AvgIpc) is 3.82. The van der Waals surface area contributed by atoms with Gasteiger partial charge in [-0.15, -0.1) is 0 Å². The van der Waals surface area contributed by atoms with E-state index in [1.54, 1.807) is 0 Å². The first-order valence-electron chi connectivity index (χ1n) is 23.0. The van der Waals surface area contributed by atoms with E-state index >= 15 is 0 Å². The van der Waals surface area contributed by atoms with Gasteiger partial charge in [0.25, 0.3) is 0 Å². The van der Waals surface area contributed by atoms with Crippen LogP contribution in [-0.4, -0.2) is 9.97 Å². The van der Waals surface area contributed by atoms with Crippen molar-refractivity contribution in [2.45, 2.75) is 24.7 Å². The number of benzene rings is 10. The molecule has 310 valence electrons. The Morgan fingerprint density at radius 3 is 1.56 bits per heavy atom. The highest BCUT2D eigenvalue weighted by Crippen LogP contribution is 2.57. The molecule has 10 aromatic carbocycles. The molecule has 1 aromatic heterocycles. The van der Waals surface area contributed by atoms with Crippen LogP contribution in [0.3, 0.4) is 0 Å². The highest BCUT2D eigenvalue weighted by molar-refractivity contribution is 6.07. The maximum atomic E-state index is 5.51. The zero-order valence-electron chi connectivity index (χ0n) is 36.8. The summed E-state index contributed by atoms with van der Waals surface area (Å²) in [4.78, 5) is 10.9. The third-order valence-electron chi connectivity index (χ3n) is 14.5. The Kier molecular flexibility index (Phi) is 8.51. The van der Waals surface area contributed by atoms with Crippen LogP contribution in [0.15, 0.2) is 231 Å². The summed E-state index contributed by atoms with van der Waals surface area (Å²) in [6.45, 7) is 4.80. The van der Waals surface area contributed by atoms with Crippen LogP contribution in [0.25, 0.3) is 88.8 Å². The Hall–Kier alpha value is -8.20. The van der Waals surface area contributed by atoms with E-state index in [1.807, 2.05) is 0 Å². The predicted molar refractivity (Wildman–Crippen MR) is 274 cm³/mol. The first kappa shape index (κ1) is 38.3. The smallest absolute Gasteiger partial charge is 0.161 e. The average molecular weight is 841 g/mol. The van der Waals surface area contributed by atoms with Crippen molar-refractivity contribution >= 4 is 21.5 Å². The van der Waals surface area contributed by atoms with Gasteiger partial charge in [-0.05, 0) is 107 Å². The summed E-state index contributed by atoms with van der Waals surface area (Å²) < 4.78 is 0. The minimum absolute atomic E-state index is 0.206. The zero-order chi connectivity index (χ0) is 44.0. The fourth-order valence-corrected chi connectivity index (χ4v) is 11.8. The fraction of sp³-hybridized carbons (Fsp3) is 0.0625. The minimum Gasteiger partial charge on any atom is -0.228 e. The number of nitrogens with zero attached hydrogens (tertiary/aromatic N) is 2. The monoisotopic (exact) mass is 840 g/mol. The van der Waals surface area contributed by atoms with Crippen LogP contribution in [0.4, 0.5) is 0 Å². The number of aromatic nitrogens is 2. The molecule has 0 saturated heterocycles. The molecule has 0 amide bonds. The van der Waals surface area contributed by atoms with Crippen molar-refractivity contribution in [3.63, 3.8) is 0 Å². The van der Waals surface area contributed by atoms with Gasteiger partial charge in [-0.3, -0.25) is 0 Å². The van der Waals surface area contributed by atoms with Crippen molar-refractivity contribution in [3.8, 4) is 67.3 Å². The molecule has 2 heteroatoms. The maximum absolute atomic E-state index is 5.51. The molecule has 0 saturated carbocycles. The Labute approximate surface area is 385 Å². The van der Waals surface area contributed by atoms with Crippen molar-refractivity contribution in [3.05, 3.63) is 264 Å². The van der Waals surface area contributed by atoms with Crippen molar-refractivity contribution in [1.29, 1.82) is 0 Å². The molecular formula is C64H44N2. The Balaban J connectivity index is 0.994. The van der Waals surface area contributed by atoms with E-state index in [0.29, 0.717) is 5.82 Å². The van der Waals surface area contributed by atoms with E-state index < -0.39 is 5.41 Å². The number of fused-ring (bicyclic) bond motifs is 9. The van der Waals surface area contributed by atoms with Crippen LogP contribution < -0.4 is 0 Å². The van der Waals surface area contributed by atoms with Gasteiger partial charge in [0.15, 0.2) is 5.82 Å². The normalized spacial score (nSPS) is 13.8. The van der Waals surface area contributed by atoms with E-state index in [1.165, 1.54) is 82.9 Å². The summed E-state index contributed by atoms with van der Waals surface area (Å²) in [5.41, 5.74) is 19.7. The number of hydrogen-bond donors (Lipinski definition) is 0. The molecule has 13 rings (SSSR count). The lowest BCUT2D eigenvalue weighted by molar-refractivity contribution is 0.668. The molecule has 0 spiro atoms. The third-order valence-corrected chi connectivity index (χ3v) is 14.5. The van der Waals surface area contributed by atoms with E-state index in [0.717, 1.165) is 33.5 Å². The van der Waals surface area contributed by atoms with Crippen LogP contribution in [0, 0.1) is 0 Å². The van der Waals surface area contributed by atoms with Crippen LogP contribution in [-0.2, 0) is 10.8 Å². The minimum atomic E-state index is -0.468. The Morgan fingerprint density at radius 2 is 0.833 bits per heavy atom. The molecule has 66 heavy (non-hydrogen) atoms. The lowest BCUT2D eigenvalue weighted by atomic mass is 9.67. The SMILES string of the molecule is CC1(C)c2c(cccc2-c2ccc(-c3nc(-c4ccccc4)cc(-c4ccc5c(c4)-c4ccccc4C5(c4ccccc4)c4ccccc4)n3)c3ccccc23)-c2ccc3ccccc3c21. The van der Waals surface area contributed by atoms with Crippen LogP contribution in [0.2, 0.25) is 0 Å². The third kappa shape index (κ3) is 5.55. The lowest BCUT2D eigenvalue weighted by Crippen LogP contribution is -2.28. The van der Waals surface area contributed by atoms with E-state index in [9.17, 15) is 0 Å². The fourth-order valence-electron chi connectivity index (χ4n) is 11.8.